The van der Waals surface area contributed by atoms with Crippen molar-refractivity contribution in [3.63, 3.8) is 0 Å². The molecule has 0 bridgehead atoms. The second kappa shape index (κ2) is 38.3. The van der Waals surface area contributed by atoms with Crippen molar-refractivity contribution in [1.29, 1.82) is 5.41 Å². The Bertz CT molecular complexity index is 1880. The number of ether oxygens (including phenoxy) is 4. The quantitative estimate of drug-likeness (QED) is 0.0255. The predicted molar refractivity (Wildman–Crippen MR) is 278 cm³/mol. The van der Waals surface area contributed by atoms with E-state index >= 15 is 0 Å². The Morgan fingerprint density at radius 3 is 1.66 bits per heavy atom. The molecule has 22 nitrogen and oxygen atoms in total. The van der Waals surface area contributed by atoms with Crippen molar-refractivity contribution < 1.29 is 67.5 Å². The summed E-state index contributed by atoms with van der Waals surface area (Å²) in [5.74, 6) is -4.27. The number of amidine groups is 1. The molecule has 0 radical (unpaired) electrons. The number of rotatable bonds is 46. The number of carbonyl (C=O) groups is 8. The molecule has 0 saturated heterocycles. The number of amides is 6. The predicted octanol–water partition coefficient (Wildman–Crippen LogP) is 3.75. The molecule has 1 aliphatic carbocycles. The second-order valence-corrected chi connectivity index (χ2v) is 20.3. The fourth-order valence-electron chi connectivity index (χ4n) is 7.87. The van der Waals surface area contributed by atoms with E-state index in [0.29, 0.717) is 12.0 Å². The monoisotopic (exact) mass is 1070 g/mol. The molecule has 0 spiro atoms. The molecule has 1 aromatic heterocycles. The van der Waals surface area contributed by atoms with Crippen LogP contribution >= 0.6 is 11.3 Å². The highest BCUT2D eigenvalue weighted by Gasteiger charge is 2.53. The first-order valence-electron chi connectivity index (χ1n) is 26.3. The minimum atomic E-state index is -1.20. The Kier molecular flexibility index (Phi) is 33.6. The zero-order valence-corrected chi connectivity index (χ0v) is 44.8. The van der Waals surface area contributed by atoms with E-state index in [9.17, 15) is 43.5 Å². The molecule has 0 aliphatic heterocycles. The molecule has 1 heterocycles. The summed E-state index contributed by atoms with van der Waals surface area (Å²) in [5, 5.41) is 40.8. The first-order chi connectivity index (χ1) is 35.4. The lowest BCUT2D eigenvalue weighted by Gasteiger charge is -2.30. The van der Waals surface area contributed by atoms with Crippen LogP contribution in [0.4, 0.5) is 0 Å². The summed E-state index contributed by atoms with van der Waals surface area (Å²) < 4.78 is 21.5. The third-order valence-electron chi connectivity index (χ3n) is 12.4. The topological polar surface area (TPSA) is 327 Å². The number of hydrogen-bond acceptors (Lipinski definition) is 14. The van der Waals surface area contributed by atoms with Crippen molar-refractivity contribution >= 4 is 64.6 Å². The number of carboxylic acids is 2. The number of carboxylic acid groups (broad SMARTS) is 2. The van der Waals surface area contributed by atoms with Crippen LogP contribution in [-0.4, -0.2) is 159 Å². The normalized spacial score (nSPS) is 14.3. The van der Waals surface area contributed by atoms with Crippen molar-refractivity contribution in [3.05, 3.63) is 21.9 Å². The minimum Gasteiger partial charge on any atom is -0.481 e. The molecule has 1 fully saturated rings. The van der Waals surface area contributed by atoms with Crippen LogP contribution in [0.25, 0.3) is 0 Å². The smallest absolute Gasteiger partial charge is 0.326 e. The van der Waals surface area contributed by atoms with E-state index in [0.717, 1.165) is 56.2 Å². The summed E-state index contributed by atoms with van der Waals surface area (Å²) in [5.41, 5.74) is 5.95. The Morgan fingerprint density at radius 2 is 1.18 bits per heavy atom. The first kappa shape index (κ1) is 64.9. The van der Waals surface area contributed by atoms with Crippen LogP contribution in [0, 0.1) is 10.8 Å². The number of hydrogen-bond donors (Lipinski definition) is 9. The maximum absolute atomic E-state index is 13.3. The van der Waals surface area contributed by atoms with Gasteiger partial charge in [-0.3, -0.25) is 39.0 Å². The second-order valence-electron chi connectivity index (χ2n) is 19.3. The van der Waals surface area contributed by atoms with Crippen LogP contribution in [0.15, 0.2) is 11.4 Å². The average molecular weight is 1070 g/mol. The van der Waals surface area contributed by atoms with Crippen molar-refractivity contribution in [2.24, 2.45) is 11.1 Å². The molecule has 2 rings (SSSR count). The van der Waals surface area contributed by atoms with Gasteiger partial charge in [-0.05, 0) is 44.1 Å². The van der Waals surface area contributed by atoms with Gasteiger partial charge in [-0.15, -0.1) is 11.3 Å². The Hall–Kier alpha value is -5.23. The maximum Gasteiger partial charge on any atom is 0.326 e. The Balaban J connectivity index is 1.40. The van der Waals surface area contributed by atoms with Crippen LogP contribution in [0.2, 0.25) is 0 Å². The third kappa shape index (κ3) is 30.8. The molecule has 1 aromatic rings. The van der Waals surface area contributed by atoms with Gasteiger partial charge in [0, 0.05) is 54.2 Å². The van der Waals surface area contributed by atoms with E-state index in [1.807, 2.05) is 13.8 Å². The number of aliphatic carboxylic acids is 2. The molecule has 6 amide bonds. The number of nitrogens with one attached hydrogen (secondary N) is 6. The molecular weight excluding hydrogens is 981 g/mol. The number of thiophene rings is 1. The fourth-order valence-corrected chi connectivity index (χ4v) is 8.69. The molecule has 1 aliphatic rings. The lowest BCUT2D eigenvalue weighted by molar-refractivity contribution is -0.142. The minimum absolute atomic E-state index is 0.0434. The van der Waals surface area contributed by atoms with Gasteiger partial charge in [0.05, 0.1) is 52.7 Å². The van der Waals surface area contributed by atoms with Crippen LogP contribution in [0.3, 0.4) is 0 Å². The number of nitrogens with zero attached hydrogens (tertiary/aromatic N) is 1. The average Bonchev–Trinajstić information content (AvgIpc) is 3.70. The molecule has 23 heteroatoms. The summed E-state index contributed by atoms with van der Waals surface area (Å²) in [4.78, 5) is 100. The number of carbonyl (C=O) groups excluding carboxylic acids is 6. The van der Waals surface area contributed by atoms with Gasteiger partial charge in [-0.1, -0.05) is 90.9 Å². The van der Waals surface area contributed by atoms with E-state index in [2.05, 4.69) is 26.6 Å². The van der Waals surface area contributed by atoms with Crippen molar-refractivity contribution in [3.8, 4) is 0 Å². The zero-order chi connectivity index (χ0) is 54.6. The summed E-state index contributed by atoms with van der Waals surface area (Å²) >= 11 is 1.37. The van der Waals surface area contributed by atoms with E-state index in [1.165, 1.54) is 54.8 Å². The molecule has 420 valence electrons. The molecule has 3 atom stereocenters. The number of nitrogens with two attached hydrogens (primary N) is 1. The van der Waals surface area contributed by atoms with Gasteiger partial charge in [-0.2, -0.15) is 0 Å². The summed E-state index contributed by atoms with van der Waals surface area (Å²) in [7, 11) is 0. The van der Waals surface area contributed by atoms with Gasteiger partial charge in [0.25, 0.3) is 0 Å². The van der Waals surface area contributed by atoms with E-state index in [-0.39, 0.29) is 152 Å². The molecule has 0 unspecified atom stereocenters. The highest BCUT2D eigenvalue weighted by molar-refractivity contribution is 7.10. The molecule has 0 aromatic carbocycles. The van der Waals surface area contributed by atoms with E-state index < -0.39 is 29.9 Å². The van der Waals surface area contributed by atoms with Gasteiger partial charge in [0.2, 0.25) is 35.4 Å². The third-order valence-corrected chi connectivity index (χ3v) is 13.3. The fraction of sp³-hybridized carbons (Fsp3) is 0.745. The number of nitrogen functional groups attached to an aromatic ring is 1. The highest BCUT2D eigenvalue weighted by Crippen LogP contribution is 2.49. The van der Waals surface area contributed by atoms with Crippen LogP contribution in [-0.2, 0) is 63.8 Å². The summed E-state index contributed by atoms with van der Waals surface area (Å²) in [6, 6.07) is -0.359. The van der Waals surface area contributed by atoms with Crippen LogP contribution in [0.5, 0.6) is 0 Å². The SMILES string of the molecule is C[C@@H](C(=O)NCc1cc(C(=N)N)cs1)N(C(=O)CNC(=O)COCCOCCNC(=O)COCCOCCNC(=O)CC[C@H](NC(=O)CCCCCCCCCCCCCCCCC(=O)O)C(=O)O)[C@H]1CC1(C)C. The van der Waals surface area contributed by atoms with Gasteiger partial charge in [0.15, 0.2) is 0 Å². The highest BCUT2D eigenvalue weighted by atomic mass is 32.1. The summed E-state index contributed by atoms with van der Waals surface area (Å²) in [6.07, 6.45) is 16.0. The zero-order valence-electron chi connectivity index (χ0n) is 44.0. The van der Waals surface area contributed by atoms with Crippen molar-refractivity contribution in [2.45, 2.75) is 167 Å². The lowest BCUT2D eigenvalue weighted by Crippen LogP contribution is -2.52. The standard InChI is InChI=1S/C51H86N8O14S/c1-37(49(67)57-32-39-30-38(36-74-39)48(52)53)59(41-31-51(41,2)3)46(64)33-56-45(63)35-73-29-27-71-25-23-55-44(62)34-72-28-26-70-24-22-54-42(60)21-20-40(50(68)69)58-43(61)18-16-14-12-10-8-6-4-5-7-9-11-13-15-17-19-47(65)66/h30,36-37,40-41H,4-29,31-35H2,1-3H3,(H3,52,53)(H,54,60)(H,55,62)(H,56,63)(H,57,67)(H,58,61)(H,65,66)(H,68,69)/t37-,40-,41-/m0/s1. The molecule has 1 saturated carbocycles. The van der Waals surface area contributed by atoms with Crippen molar-refractivity contribution in [1.82, 2.24) is 31.5 Å². The maximum atomic E-state index is 13.3. The Morgan fingerprint density at radius 1 is 0.689 bits per heavy atom. The molecular formula is C51H86N8O14S. The van der Waals surface area contributed by atoms with Gasteiger partial charge >= 0.3 is 11.9 Å². The van der Waals surface area contributed by atoms with Crippen molar-refractivity contribution in [2.75, 3.05) is 72.5 Å². The molecule has 74 heavy (non-hydrogen) atoms. The Labute approximate surface area is 440 Å². The first-order valence-corrected chi connectivity index (χ1v) is 27.1. The number of unbranched alkanes of at least 4 members (excludes halogenated alkanes) is 13. The van der Waals surface area contributed by atoms with Gasteiger partial charge in [-0.25, -0.2) is 4.79 Å². The lowest BCUT2D eigenvalue weighted by atomic mass is 10.0. The van der Waals surface area contributed by atoms with E-state index in [4.69, 9.17) is 35.2 Å². The largest absolute Gasteiger partial charge is 0.481 e. The van der Waals surface area contributed by atoms with Crippen LogP contribution in [0.1, 0.15) is 153 Å². The van der Waals surface area contributed by atoms with Gasteiger partial charge in [0.1, 0.15) is 31.1 Å². The summed E-state index contributed by atoms with van der Waals surface area (Å²) in [6.45, 7) is 6.42. The van der Waals surface area contributed by atoms with Gasteiger partial charge < -0.3 is 66.4 Å². The molecule has 10 N–H and O–H groups in total. The van der Waals surface area contributed by atoms with E-state index in [1.54, 1.807) is 18.4 Å². The van der Waals surface area contributed by atoms with Crippen LogP contribution < -0.4 is 32.3 Å².